The van der Waals surface area contributed by atoms with Gasteiger partial charge in [-0.1, -0.05) is 17.7 Å². The second kappa shape index (κ2) is 6.52. The predicted octanol–water partition coefficient (Wildman–Crippen LogP) is 3.51. The molecule has 1 aliphatic rings. The van der Waals surface area contributed by atoms with Gasteiger partial charge in [0.05, 0.1) is 34.9 Å². The van der Waals surface area contributed by atoms with Crippen molar-refractivity contribution in [3.05, 3.63) is 29.8 Å². The molecular formula is C14H21O4PS. The zero-order valence-corrected chi connectivity index (χ0v) is 13.8. The maximum atomic E-state index is 12.6. The van der Waals surface area contributed by atoms with Gasteiger partial charge in [-0.05, 0) is 39.3 Å². The first kappa shape index (κ1) is 15.9. The summed E-state index contributed by atoms with van der Waals surface area (Å²) < 4.78 is 35.7. The van der Waals surface area contributed by atoms with Gasteiger partial charge < -0.3 is 9.05 Å². The first-order valence-electron chi connectivity index (χ1n) is 6.88. The lowest BCUT2D eigenvalue weighted by Gasteiger charge is -2.16. The summed E-state index contributed by atoms with van der Waals surface area (Å²) in [6.45, 7) is 6.26. The van der Waals surface area contributed by atoms with Crippen LogP contribution in [0.2, 0.25) is 0 Å². The molecule has 1 unspecified atom stereocenters. The van der Waals surface area contributed by atoms with Crippen molar-refractivity contribution in [2.75, 3.05) is 13.2 Å². The summed E-state index contributed by atoms with van der Waals surface area (Å²) in [6.07, 6.45) is 0.637. The summed E-state index contributed by atoms with van der Waals surface area (Å²) in [5.41, 5.74) is 0.900. The third-order valence-corrected chi connectivity index (χ3v) is 7.88. The van der Waals surface area contributed by atoms with Crippen molar-refractivity contribution in [3.8, 4) is 0 Å². The van der Waals surface area contributed by atoms with Crippen LogP contribution in [0.3, 0.4) is 0 Å². The second-order valence-corrected chi connectivity index (χ2v) is 8.76. The average molecular weight is 316 g/mol. The minimum absolute atomic E-state index is 0.123. The molecule has 0 heterocycles. The Labute approximate surface area is 122 Å². The van der Waals surface area contributed by atoms with Crippen molar-refractivity contribution in [1.82, 2.24) is 0 Å². The molecule has 0 spiro atoms. The van der Waals surface area contributed by atoms with Gasteiger partial charge in [-0.3, -0.25) is 8.77 Å². The number of aryl methyl sites for hydroxylation is 1. The second-order valence-electron chi connectivity index (χ2n) is 4.83. The molecule has 4 nitrogen and oxygen atoms in total. The van der Waals surface area contributed by atoms with Crippen LogP contribution in [-0.4, -0.2) is 28.3 Å². The van der Waals surface area contributed by atoms with Crippen molar-refractivity contribution >= 4 is 18.4 Å². The topological polar surface area (TPSA) is 52.6 Å². The van der Waals surface area contributed by atoms with Gasteiger partial charge in [0.1, 0.15) is 0 Å². The molecule has 1 saturated carbocycles. The quantitative estimate of drug-likeness (QED) is 0.722. The standard InChI is InChI=1S/C14H21O4PS/c1-4-17-19(15,18-5-2)13-10-14(13)20(16)12-8-6-11(3)7-9-12/h6-9,13-14H,4-5,10H2,1-3H3/t13-,14+,20?/m1/s1. The van der Waals surface area contributed by atoms with E-state index in [2.05, 4.69) is 0 Å². The van der Waals surface area contributed by atoms with Gasteiger partial charge in [0.2, 0.25) is 0 Å². The van der Waals surface area contributed by atoms with Gasteiger partial charge >= 0.3 is 7.60 Å². The number of hydrogen-bond donors (Lipinski definition) is 0. The zero-order chi connectivity index (χ0) is 14.8. The average Bonchev–Trinajstić information content (AvgIpc) is 3.20. The monoisotopic (exact) mass is 316 g/mol. The van der Waals surface area contributed by atoms with Crippen molar-refractivity contribution in [1.29, 1.82) is 0 Å². The minimum atomic E-state index is -3.11. The molecule has 1 aromatic rings. The Hall–Kier alpha value is -0.480. The summed E-state index contributed by atoms with van der Waals surface area (Å²) in [6, 6.07) is 7.62. The van der Waals surface area contributed by atoms with E-state index in [4.69, 9.17) is 9.05 Å². The Bertz CT molecular complexity index is 518. The van der Waals surface area contributed by atoms with E-state index >= 15 is 0 Å². The Morgan fingerprint density at radius 2 is 1.75 bits per heavy atom. The molecular weight excluding hydrogens is 295 g/mol. The highest BCUT2D eigenvalue weighted by Gasteiger charge is 2.55. The maximum absolute atomic E-state index is 12.6. The summed E-state index contributed by atoms with van der Waals surface area (Å²) in [5, 5.41) is -0.123. The third-order valence-electron chi connectivity index (χ3n) is 3.25. The number of benzene rings is 1. The molecule has 2 rings (SSSR count). The minimum Gasteiger partial charge on any atom is -0.309 e. The molecule has 3 atom stereocenters. The highest BCUT2D eigenvalue weighted by atomic mass is 32.2. The molecule has 20 heavy (non-hydrogen) atoms. The lowest BCUT2D eigenvalue weighted by atomic mass is 10.2. The summed E-state index contributed by atoms with van der Waals surface area (Å²) in [5.74, 6) is 0. The summed E-state index contributed by atoms with van der Waals surface area (Å²) in [4.78, 5) is 0.780. The molecule has 0 radical (unpaired) electrons. The van der Waals surface area contributed by atoms with Gasteiger partial charge in [-0.25, -0.2) is 0 Å². The lowest BCUT2D eigenvalue weighted by Crippen LogP contribution is -2.08. The van der Waals surface area contributed by atoms with Crippen LogP contribution in [0.25, 0.3) is 0 Å². The summed E-state index contributed by atoms with van der Waals surface area (Å²) in [7, 11) is -4.26. The van der Waals surface area contributed by atoms with E-state index in [0.29, 0.717) is 19.6 Å². The van der Waals surface area contributed by atoms with Gasteiger partial charge in [-0.15, -0.1) is 0 Å². The van der Waals surface area contributed by atoms with Crippen LogP contribution >= 0.6 is 7.60 Å². The fourth-order valence-electron chi connectivity index (χ4n) is 2.16. The lowest BCUT2D eigenvalue weighted by molar-refractivity contribution is 0.219. The molecule has 0 aromatic heterocycles. The van der Waals surface area contributed by atoms with E-state index in [1.165, 1.54) is 0 Å². The smallest absolute Gasteiger partial charge is 0.309 e. The van der Waals surface area contributed by atoms with Crippen LogP contribution < -0.4 is 0 Å². The van der Waals surface area contributed by atoms with E-state index < -0.39 is 18.4 Å². The van der Waals surface area contributed by atoms with Crippen molar-refractivity contribution in [3.63, 3.8) is 0 Å². The SMILES string of the molecule is CCOP(=O)(OCC)[C@@H]1C[C@@H]1S(=O)c1ccc(C)cc1. The highest BCUT2D eigenvalue weighted by Crippen LogP contribution is 2.64. The Kier molecular flexibility index (Phi) is 5.19. The molecule has 0 bridgehead atoms. The van der Waals surface area contributed by atoms with Gasteiger partial charge in [0.25, 0.3) is 0 Å². The Morgan fingerprint density at radius 3 is 2.25 bits per heavy atom. The first-order valence-corrected chi connectivity index (χ1v) is 9.70. The van der Waals surface area contributed by atoms with Crippen LogP contribution in [0.5, 0.6) is 0 Å². The van der Waals surface area contributed by atoms with E-state index in [1.807, 2.05) is 31.2 Å². The Morgan fingerprint density at radius 1 is 1.20 bits per heavy atom. The first-order chi connectivity index (χ1) is 9.51. The molecule has 0 saturated heterocycles. The molecule has 0 N–H and O–H groups in total. The molecule has 0 amide bonds. The van der Waals surface area contributed by atoms with Crippen molar-refractivity contribution in [2.24, 2.45) is 0 Å². The van der Waals surface area contributed by atoms with Gasteiger partial charge in [-0.2, -0.15) is 0 Å². The van der Waals surface area contributed by atoms with Gasteiger partial charge in [0, 0.05) is 4.90 Å². The van der Waals surface area contributed by atoms with Crippen LogP contribution in [0.1, 0.15) is 25.8 Å². The van der Waals surface area contributed by atoms with E-state index in [-0.39, 0.29) is 10.9 Å². The molecule has 6 heteroatoms. The highest BCUT2D eigenvalue weighted by molar-refractivity contribution is 7.86. The molecule has 1 fully saturated rings. The van der Waals surface area contributed by atoms with Crippen molar-refractivity contribution in [2.45, 2.75) is 43.0 Å². The van der Waals surface area contributed by atoms with Crippen LogP contribution in [0.4, 0.5) is 0 Å². The molecule has 1 aromatic carbocycles. The van der Waals surface area contributed by atoms with E-state index in [1.54, 1.807) is 13.8 Å². The van der Waals surface area contributed by atoms with Crippen LogP contribution in [-0.2, 0) is 24.4 Å². The Balaban J connectivity index is 2.08. The fourth-order valence-corrected chi connectivity index (χ4v) is 6.57. The fraction of sp³-hybridized carbons (Fsp3) is 0.571. The largest absolute Gasteiger partial charge is 0.334 e. The van der Waals surface area contributed by atoms with Crippen LogP contribution in [0.15, 0.2) is 29.2 Å². The number of hydrogen-bond acceptors (Lipinski definition) is 4. The van der Waals surface area contributed by atoms with E-state index in [9.17, 15) is 8.77 Å². The predicted molar refractivity (Wildman–Crippen MR) is 80.6 cm³/mol. The normalized spacial score (nSPS) is 23.6. The van der Waals surface area contributed by atoms with Crippen LogP contribution in [0, 0.1) is 6.92 Å². The van der Waals surface area contributed by atoms with Gasteiger partial charge in [0.15, 0.2) is 0 Å². The zero-order valence-electron chi connectivity index (χ0n) is 12.1. The molecule has 112 valence electrons. The molecule has 0 aliphatic heterocycles. The number of rotatable bonds is 7. The molecule has 1 aliphatic carbocycles. The summed E-state index contributed by atoms with van der Waals surface area (Å²) >= 11 is 0. The maximum Gasteiger partial charge on any atom is 0.334 e. The van der Waals surface area contributed by atoms with E-state index in [0.717, 1.165) is 10.5 Å². The van der Waals surface area contributed by atoms with Crippen molar-refractivity contribution < 1.29 is 17.8 Å². The third kappa shape index (κ3) is 3.40.